The maximum Gasteiger partial charge on any atom is 0.417 e. The molecular formula is C10H6F3IO2. The molecule has 0 saturated carbocycles. The molecule has 0 spiro atoms. The number of rotatable bonds is 2. The summed E-state index contributed by atoms with van der Waals surface area (Å²) in [6.07, 6.45) is -4.28. The topological polar surface area (TPSA) is 34.1 Å². The normalized spacial score (nSPS) is 11.3. The smallest absolute Gasteiger partial charge is 0.298 e. The number of alkyl halides is 3. The zero-order valence-corrected chi connectivity index (χ0v) is 10.2. The van der Waals surface area contributed by atoms with Gasteiger partial charge in [0.2, 0.25) is 0 Å². The monoisotopic (exact) mass is 342 g/mol. The Labute approximate surface area is 103 Å². The molecule has 0 aromatic heterocycles. The first-order valence-electron chi connectivity index (χ1n) is 4.14. The van der Waals surface area contributed by atoms with E-state index in [9.17, 15) is 22.8 Å². The fourth-order valence-corrected chi connectivity index (χ4v) is 2.17. The Kier molecular flexibility index (Phi) is 3.72. The van der Waals surface area contributed by atoms with Crippen molar-refractivity contribution in [2.75, 3.05) is 0 Å². The number of Topliss-reactive ketones (excluding diaryl/α,β-unsaturated/α-hetero) is 1. The van der Waals surface area contributed by atoms with Gasteiger partial charge in [0.15, 0.2) is 5.78 Å². The van der Waals surface area contributed by atoms with Gasteiger partial charge < -0.3 is 0 Å². The van der Waals surface area contributed by atoms with E-state index in [4.69, 9.17) is 0 Å². The minimum absolute atomic E-state index is 0.0856. The number of carbonyl (C=O) groups is 2. The SMILES string of the molecule is CC(=O)c1cc(C=O)cc(C(F)(F)F)c1I. The summed E-state index contributed by atoms with van der Waals surface area (Å²) in [5, 5.41) is 0. The first-order chi connectivity index (χ1) is 7.27. The van der Waals surface area contributed by atoms with E-state index in [1.54, 1.807) is 0 Å². The second-order valence-corrected chi connectivity index (χ2v) is 4.18. The van der Waals surface area contributed by atoms with Crippen LogP contribution < -0.4 is 0 Å². The minimum atomic E-state index is -4.57. The summed E-state index contributed by atoms with van der Waals surface area (Å²) in [6, 6.07) is 1.90. The highest BCUT2D eigenvalue weighted by Gasteiger charge is 2.34. The number of ketones is 1. The molecule has 0 aliphatic rings. The van der Waals surface area contributed by atoms with Crippen LogP contribution in [-0.4, -0.2) is 12.1 Å². The fourth-order valence-electron chi connectivity index (χ4n) is 1.18. The first-order valence-corrected chi connectivity index (χ1v) is 5.22. The first kappa shape index (κ1) is 13.1. The van der Waals surface area contributed by atoms with Crippen molar-refractivity contribution in [3.63, 3.8) is 0 Å². The standard InChI is InChI=1S/C10H6F3IO2/c1-5(16)7-2-6(4-15)3-8(9(7)14)10(11,12)13/h2-4H,1H3. The molecule has 1 aromatic carbocycles. The van der Waals surface area contributed by atoms with Gasteiger partial charge in [-0.15, -0.1) is 0 Å². The van der Waals surface area contributed by atoms with E-state index < -0.39 is 17.5 Å². The average Bonchev–Trinajstić information content (AvgIpc) is 2.15. The van der Waals surface area contributed by atoms with Crippen LogP contribution in [0.1, 0.15) is 33.2 Å². The summed E-state index contributed by atoms with van der Waals surface area (Å²) in [7, 11) is 0. The summed E-state index contributed by atoms with van der Waals surface area (Å²) in [6.45, 7) is 1.16. The Balaban J connectivity index is 3.56. The van der Waals surface area contributed by atoms with Crippen LogP contribution in [0.5, 0.6) is 0 Å². The molecule has 0 bridgehead atoms. The Hall–Kier alpha value is -0.920. The van der Waals surface area contributed by atoms with Crippen molar-refractivity contribution in [2.24, 2.45) is 0 Å². The number of halogens is 4. The van der Waals surface area contributed by atoms with Crippen LogP contribution in [0.4, 0.5) is 13.2 Å². The van der Waals surface area contributed by atoms with Crippen LogP contribution in [0.15, 0.2) is 12.1 Å². The molecule has 86 valence electrons. The Morgan fingerprint density at radius 3 is 2.31 bits per heavy atom. The quantitative estimate of drug-likeness (QED) is 0.469. The molecule has 0 aliphatic heterocycles. The van der Waals surface area contributed by atoms with Crippen molar-refractivity contribution in [3.8, 4) is 0 Å². The lowest BCUT2D eigenvalue weighted by Crippen LogP contribution is -2.12. The highest BCUT2D eigenvalue weighted by molar-refractivity contribution is 14.1. The van der Waals surface area contributed by atoms with Gasteiger partial charge in [0.05, 0.1) is 5.56 Å². The lowest BCUT2D eigenvalue weighted by Gasteiger charge is -2.12. The van der Waals surface area contributed by atoms with E-state index in [2.05, 4.69) is 0 Å². The zero-order chi connectivity index (χ0) is 12.5. The van der Waals surface area contributed by atoms with Crippen molar-refractivity contribution in [1.82, 2.24) is 0 Å². The molecule has 0 atom stereocenters. The Morgan fingerprint density at radius 1 is 1.38 bits per heavy atom. The third-order valence-electron chi connectivity index (χ3n) is 1.92. The van der Waals surface area contributed by atoms with Gasteiger partial charge >= 0.3 is 6.18 Å². The molecule has 2 nitrogen and oxygen atoms in total. The fraction of sp³-hybridized carbons (Fsp3) is 0.200. The van der Waals surface area contributed by atoms with Gasteiger partial charge in [0.1, 0.15) is 6.29 Å². The second kappa shape index (κ2) is 4.52. The molecule has 0 aliphatic carbocycles. The Bertz CT molecular complexity index is 452. The molecule has 0 unspecified atom stereocenters. The third kappa shape index (κ3) is 2.60. The van der Waals surface area contributed by atoms with Crippen LogP contribution in [0.2, 0.25) is 0 Å². The number of hydrogen-bond acceptors (Lipinski definition) is 2. The van der Waals surface area contributed by atoms with Crippen molar-refractivity contribution < 1.29 is 22.8 Å². The highest BCUT2D eigenvalue weighted by Crippen LogP contribution is 2.35. The molecule has 0 amide bonds. The highest BCUT2D eigenvalue weighted by atomic mass is 127. The molecule has 1 aromatic rings. The van der Waals surface area contributed by atoms with Crippen molar-refractivity contribution in [1.29, 1.82) is 0 Å². The lowest BCUT2D eigenvalue weighted by atomic mass is 10.0. The predicted octanol–water partition coefficient (Wildman–Crippen LogP) is 3.33. The summed E-state index contributed by atoms with van der Waals surface area (Å²) in [4.78, 5) is 21.6. The van der Waals surface area contributed by atoms with Crippen LogP contribution in [0, 0.1) is 3.57 Å². The van der Waals surface area contributed by atoms with Gasteiger partial charge in [0.25, 0.3) is 0 Å². The molecule has 0 saturated heterocycles. The van der Waals surface area contributed by atoms with Gasteiger partial charge in [-0.05, 0) is 41.6 Å². The second-order valence-electron chi connectivity index (χ2n) is 3.10. The van der Waals surface area contributed by atoms with Gasteiger partial charge in [-0.3, -0.25) is 9.59 Å². The van der Waals surface area contributed by atoms with Crippen molar-refractivity contribution >= 4 is 34.7 Å². The number of hydrogen-bond donors (Lipinski definition) is 0. The third-order valence-corrected chi connectivity index (χ3v) is 3.08. The van der Waals surface area contributed by atoms with Gasteiger partial charge in [0, 0.05) is 14.7 Å². The minimum Gasteiger partial charge on any atom is -0.298 e. The summed E-state index contributed by atoms with van der Waals surface area (Å²) < 4.78 is 37.6. The molecule has 0 fully saturated rings. The molecule has 0 radical (unpaired) electrons. The lowest BCUT2D eigenvalue weighted by molar-refractivity contribution is -0.138. The van der Waals surface area contributed by atoms with E-state index in [0.717, 1.165) is 19.1 Å². The van der Waals surface area contributed by atoms with E-state index in [1.807, 2.05) is 0 Å². The molecular weight excluding hydrogens is 336 g/mol. The van der Waals surface area contributed by atoms with E-state index in [1.165, 1.54) is 22.6 Å². The number of benzene rings is 1. The molecule has 6 heteroatoms. The van der Waals surface area contributed by atoms with E-state index in [0.29, 0.717) is 0 Å². The molecule has 16 heavy (non-hydrogen) atoms. The van der Waals surface area contributed by atoms with E-state index in [-0.39, 0.29) is 21.0 Å². The van der Waals surface area contributed by atoms with Crippen LogP contribution >= 0.6 is 22.6 Å². The van der Waals surface area contributed by atoms with Crippen molar-refractivity contribution in [3.05, 3.63) is 32.4 Å². The summed E-state index contributed by atoms with van der Waals surface area (Å²) in [5.74, 6) is -0.501. The van der Waals surface area contributed by atoms with Crippen LogP contribution in [-0.2, 0) is 6.18 Å². The van der Waals surface area contributed by atoms with E-state index >= 15 is 0 Å². The van der Waals surface area contributed by atoms with Crippen molar-refractivity contribution in [2.45, 2.75) is 13.1 Å². The number of aldehydes is 1. The summed E-state index contributed by atoms with van der Waals surface area (Å²) >= 11 is 1.46. The largest absolute Gasteiger partial charge is 0.417 e. The van der Waals surface area contributed by atoms with Gasteiger partial charge in [-0.1, -0.05) is 0 Å². The average molecular weight is 342 g/mol. The van der Waals surface area contributed by atoms with Gasteiger partial charge in [-0.2, -0.15) is 13.2 Å². The molecule has 1 rings (SSSR count). The maximum absolute atomic E-state index is 12.6. The number of carbonyl (C=O) groups excluding carboxylic acids is 2. The maximum atomic E-state index is 12.6. The van der Waals surface area contributed by atoms with Crippen LogP contribution in [0.25, 0.3) is 0 Å². The van der Waals surface area contributed by atoms with Crippen LogP contribution in [0.3, 0.4) is 0 Å². The Morgan fingerprint density at radius 2 is 1.94 bits per heavy atom. The zero-order valence-electron chi connectivity index (χ0n) is 8.06. The molecule has 0 N–H and O–H groups in total. The predicted molar refractivity (Wildman–Crippen MR) is 59.6 cm³/mol. The molecule has 0 heterocycles. The summed E-state index contributed by atoms with van der Waals surface area (Å²) in [5.41, 5.74) is -1.20. The van der Waals surface area contributed by atoms with Gasteiger partial charge in [-0.25, -0.2) is 0 Å².